The van der Waals surface area contributed by atoms with Crippen molar-refractivity contribution in [2.24, 2.45) is 0 Å². The van der Waals surface area contributed by atoms with Gasteiger partial charge in [-0.1, -0.05) is 13.8 Å². The van der Waals surface area contributed by atoms with E-state index in [1.807, 2.05) is 11.8 Å². The van der Waals surface area contributed by atoms with E-state index in [2.05, 4.69) is 25.0 Å². The Morgan fingerprint density at radius 2 is 1.65 bits per heavy atom. The lowest BCUT2D eigenvalue weighted by atomic mass is 9.85. The average molecular weight is 305 g/mol. The van der Waals surface area contributed by atoms with Gasteiger partial charge in [0.05, 0.1) is 32.0 Å². The van der Waals surface area contributed by atoms with Crippen LogP contribution in [0.2, 0.25) is 0 Å². The van der Waals surface area contributed by atoms with Gasteiger partial charge >= 0.3 is 0 Å². The summed E-state index contributed by atoms with van der Waals surface area (Å²) in [4.78, 5) is 2.37. The maximum Gasteiger partial charge on any atom is 0.0797 e. The second-order valence-electron chi connectivity index (χ2n) is 5.37. The highest BCUT2D eigenvalue weighted by molar-refractivity contribution is 7.98. The fourth-order valence-corrected chi connectivity index (χ4v) is 3.31. The standard InChI is InChI=1S/C15H31NO3S/c1-4-15(17,5-2)14(6-13-20-3)16-7-9-18-11-12-19-10-8-16/h14,17H,4-13H2,1-3H3/t14-/m0/s1. The van der Waals surface area contributed by atoms with Crippen molar-refractivity contribution >= 4 is 11.8 Å². The molecule has 0 aromatic rings. The van der Waals surface area contributed by atoms with Crippen LogP contribution in [0.5, 0.6) is 0 Å². The number of hydrogen-bond acceptors (Lipinski definition) is 5. The van der Waals surface area contributed by atoms with Crippen LogP contribution < -0.4 is 0 Å². The SMILES string of the molecule is CCC(O)(CC)[C@H](CCSC)N1CCOCCOCC1. The maximum absolute atomic E-state index is 11.0. The van der Waals surface area contributed by atoms with Crippen LogP contribution in [0, 0.1) is 0 Å². The predicted molar refractivity (Wildman–Crippen MR) is 85.5 cm³/mol. The van der Waals surface area contributed by atoms with E-state index in [0.29, 0.717) is 13.2 Å². The highest BCUT2D eigenvalue weighted by Gasteiger charge is 2.36. The minimum atomic E-state index is -0.607. The second kappa shape index (κ2) is 10.0. The summed E-state index contributed by atoms with van der Waals surface area (Å²) >= 11 is 1.84. The number of ether oxygens (including phenoxy) is 2. The van der Waals surface area contributed by atoms with Crippen molar-refractivity contribution in [3.63, 3.8) is 0 Å². The van der Waals surface area contributed by atoms with Crippen molar-refractivity contribution < 1.29 is 14.6 Å². The Morgan fingerprint density at radius 1 is 1.10 bits per heavy atom. The molecule has 0 radical (unpaired) electrons. The van der Waals surface area contributed by atoms with Gasteiger partial charge < -0.3 is 14.6 Å². The van der Waals surface area contributed by atoms with Gasteiger partial charge in [-0.3, -0.25) is 4.90 Å². The van der Waals surface area contributed by atoms with Gasteiger partial charge in [0, 0.05) is 19.1 Å². The fraction of sp³-hybridized carbons (Fsp3) is 1.00. The first-order valence-electron chi connectivity index (χ1n) is 7.78. The van der Waals surface area contributed by atoms with Crippen molar-refractivity contribution in [2.45, 2.75) is 44.8 Å². The van der Waals surface area contributed by atoms with Gasteiger partial charge in [0.1, 0.15) is 0 Å². The first kappa shape index (κ1) is 18.2. The highest BCUT2D eigenvalue weighted by atomic mass is 32.2. The molecule has 0 aliphatic carbocycles. The quantitative estimate of drug-likeness (QED) is 0.779. The van der Waals surface area contributed by atoms with Crippen LogP contribution >= 0.6 is 11.8 Å². The molecule has 0 bridgehead atoms. The van der Waals surface area contributed by atoms with E-state index in [1.54, 1.807) is 0 Å². The van der Waals surface area contributed by atoms with Crippen molar-refractivity contribution in [1.82, 2.24) is 4.90 Å². The molecule has 1 atom stereocenters. The molecule has 0 unspecified atom stereocenters. The van der Waals surface area contributed by atoms with Crippen molar-refractivity contribution in [3.05, 3.63) is 0 Å². The summed E-state index contributed by atoms with van der Waals surface area (Å²) in [5.41, 5.74) is -0.607. The number of hydrogen-bond donors (Lipinski definition) is 1. The molecule has 1 saturated heterocycles. The lowest BCUT2D eigenvalue weighted by Crippen LogP contribution is -2.54. The van der Waals surface area contributed by atoms with Crippen LogP contribution in [0.1, 0.15) is 33.1 Å². The molecule has 0 aromatic carbocycles. The summed E-state index contributed by atoms with van der Waals surface area (Å²) in [7, 11) is 0. The number of nitrogens with zero attached hydrogens (tertiary/aromatic N) is 1. The molecule has 5 heteroatoms. The van der Waals surface area contributed by atoms with Crippen molar-refractivity contribution in [1.29, 1.82) is 0 Å². The van der Waals surface area contributed by atoms with E-state index >= 15 is 0 Å². The Labute approximate surface area is 128 Å². The zero-order chi connectivity index (χ0) is 14.8. The predicted octanol–water partition coefficient (Wildman–Crippen LogP) is 2.01. The van der Waals surface area contributed by atoms with Gasteiger partial charge in [0.25, 0.3) is 0 Å². The summed E-state index contributed by atoms with van der Waals surface area (Å²) in [5, 5.41) is 11.0. The first-order chi connectivity index (χ1) is 9.68. The van der Waals surface area contributed by atoms with E-state index < -0.39 is 5.60 Å². The molecule has 1 aliphatic heterocycles. The zero-order valence-corrected chi connectivity index (χ0v) is 14.1. The Balaban J connectivity index is 2.76. The highest BCUT2D eigenvalue weighted by Crippen LogP contribution is 2.27. The van der Waals surface area contributed by atoms with Crippen LogP contribution in [0.25, 0.3) is 0 Å². The summed E-state index contributed by atoms with van der Waals surface area (Å²) in [5.74, 6) is 1.07. The van der Waals surface area contributed by atoms with Gasteiger partial charge in [-0.05, 0) is 31.3 Å². The molecule has 0 spiro atoms. The Bertz CT molecular complexity index is 239. The van der Waals surface area contributed by atoms with Crippen LogP contribution in [0.3, 0.4) is 0 Å². The number of thioether (sulfide) groups is 1. The smallest absolute Gasteiger partial charge is 0.0797 e. The number of rotatable bonds is 7. The summed E-state index contributed by atoms with van der Waals surface area (Å²) in [6.45, 7) is 8.72. The Kier molecular flexibility index (Phi) is 9.13. The molecule has 4 nitrogen and oxygen atoms in total. The molecule has 0 amide bonds. The summed E-state index contributed by atoms with van der Waals surface area (Å²) in [6, 6.07) is 0.190. The zero-order valence-electron chi connectivity index (χ0n) is 13.3. The third-order valence-corrected chi connectivity index (χ3v) is 4.94. The van der Waals surface area contributed by atoms with Crippen LogP contribution in [0.4, 0.5) is 0 Å². The molecule has 120 valence electrons. The second-order valence-corrected chi connectivity index (χ2v) is 6.35. The summed E-state index contributed by atoms with van der Waals surface area (Å²) < 4.78 is 11.1. The minimum Gasteiger partial charge on any atom is -0.388 e. The normalized spacial score (nSPS) is 21.0. The average Bonchev–Trinajstić information content (AvgIpc) is 2.61. The molecule has 1 fully saturated rings. The lowest BCUT2D eigenvalue weighted by molar-refractivity contribution is -0.0614. The molecule has 1 heterocycles. The van der Waals surface area contributed by atoms with Gasteiger partial charge in [-0.2, -0.15) is 11.8 Å². The Morgan fingerprint density at radius 3 is 2.10 bits per heavy atom. The monoisotopic (exact) mass is 305 g/mol. The topological polar surface area (TPSA) is 41.9 Å². The molecule has 0 saturated carbocycles. The van der Waals surface area contributed by atoms with Crippen LogP contribution in [-0.2, 0) is 9.47 Å². The van der Waals surface area contributed by atoms with E-state index in [0.717, 1.165) is 51.3 Å². The minimum absolute atomic E-state index is 0.190. The van der Waals surface area contributed by atoms with Gasteiger partial charge in [0.2, 0.25) is 0 Å². The van der Waals surface area contributed by atoms with E-state index in [4.69, 9.17) is 9.47 Å². The lowest BCUT2D eigenvalue weighted by Gasteiger charge is -2.42. The van der Waals surface area contributed by atoms with Crippen LogP contribution in [-0.4, -0.2) is 73.2 Å². The van der Waals surface area contributed by atoms with Crippen molar-refractivity contribution in [3.8, 4) is 0 Å². The molecule has 1 rings (SSSR count). The summed E-state index contributed by atoms with van der Waals surface area (Å²) in [6.07, 6.45) is 4.72. The molecule has 20 heavy (non-hydrogen) atoms. The molecule has 1 aliphatic rings. The van der Waals surface area contributed by atoms with Gasteiger partial charge in [-0.25, -0.2) is 0 Å². The third kappa shape index (κ3) is 5.53. The number of aliphatic hydroxyl groups is 1. The van der Waals surface area contributed by atoms with Crippen LogP contribution in [0.15, 0.2) is 0 Å². The molecule has 1 N–H and O–H groups in total. The van der Waals surface area contributed by atoms with E-state index in [-0.39, 0.29) is 6.04 Å². The maximum atomic E-state index is 11.0. The third-order valence-electron chi connectivity index (χ3n) is 4.30. The molecular weight excluding hydrogens is 274 g/mol. The molecule has 0 aromatic heterocycles. The Hall–Kier alpha value is 0.190. The fourth-order valence-electron chi connectivity index (χ4n) is 2.85. The van der Waals surface area contributed by atoms with Gasteiger partial charge in [-0.15, -0.1) is 0 Å². The van der Waals surface area contributed by atoms with Gasteiger partial charge in [0.15, 0.2) is 0 Å². The van der Waals surface area contributed by atoms with E-state index in [1.165, 1.54) is 0 Å². The first-order valence-corrected chi connectivity index (χ1v) is 9.18. The molecular formula is C15H31NO3S. The van der Waals surface area contributed by atoms with E-state index in [9.17, 15) is 5.11 Å². The largest absolute Gasteiger partial charge is 0.388 e. The van der Waals surface area contributed by atoms with Crippen molar-refractivity contribution in [2.75, 3.05) is 51.5 Å².